The van der Waals surface area contributed by atoms with Crippen molar-refractivity contribution in [1.82, 2.24) is 0 Å². The monoisotopic (exact) mass is 354 g/mol. The van der Waals surface area contributed by atoms with Crippen LogP contribution in [0.1, 0.15) is 136 Å². The molecule has 0 aromatic carbocycles. The van der Waals surface area contributed by atoms with Crippen LogP contribution in [0.2, 0.25) is 0 Å². The molecule has 0 rings (SSSR count). The fourth-order valence-corrected chi connectivity index (χ4v) is 3.32. The molecule has 0 aliphatic carbocycles. The van der Waals surface area contributed by atoms with Gasteiger partial charge in [-0.25, -0.2) is 0 Å². The van der Waals surface area contributed by atoms with Crippen LogP contribution in [-0.4, -0.2) is 12.1 Å². The van der Waals surface area contributed by atoms with Gasteiger partial charge in [0.15, 0.2) is 0 Å². The Balaban J connectivity index is 3.06. The predicted molar refractivity (Wildman–Crippen MR) is 110 cm³/mol. The molecule has 2 nitrogen and oxygen atoms in total. The zero-order valence-corrected chi connectivity index (χ0v) is 17.6. The quantitative estimate of drug-likeness (QED) is 0.173. The van der Waals surface area contributed by atoms with E-state index in [1.807, 2.05) is 13.8 Å². The maximum atomic E-state index is 11.4. The zero-order valence-electron chi connectivity index (χ0n) is 17.6. The molecule has 0 aromatic rings. The molecule has 0 radical (unpaired) electrons. The standard InChI is InChI=1S/C23H46O2/c1-4-5-6-7-8-9-10-11-12-13-14-15-16-17-18-19-20-21-23(24)25-22(2)3/h22H,4-21H2,1-3H3. The van der Waals surface area contributed by atoms with E-state index in [9.17, 15) is 4.79 Å². The van der Waals surface area contributed by atoms with Crippen molar-refractivity contribution >= 4 is 5.97 Å². The van der Waals surface area contributed by atoms with E-state index in [2.05, 4.69) is 6.92 Å². The van der Waals surface area contributed by atoms with Crippen molar-refractivity contribution in [2.75, 3.05) is 0 Å². The number of hydrogen-bond acceptors (Lipinski definition) is 2. The number of esters is 1. The molecule has 2 heteroatoms. The summed E-state index contributed by atoms with van der Waals surface area (Å²) in [5, 5.41) is 0. The van der Waals surface area contributed by atoms with Crippen molar-refractivity contribution in [2.24, 2.45) is 0 Å². The van der Waals surface area contributed by atoms with Crippen molar-refractivity contribution in [2.45, 2.75) is 142 Å². The molecule has 0 aromatic heterocycles. The van der Waals surface area contributed by atoms with Gasteiger partial charge in [-0.3, -0.25) is 4.79 Å². The molecule has 25 heavy (non-hydrogen) atoms. The summed E-state index contributed by atoms with van der Waals surface area (Å²) >= 11 is 0. The van der Waals surface area contributed by atoms with Crippen LogP contribution >= 0.6 is 0 Å². The van der Waals surface area contributed by atoms with Gasteiger partial charge in [0.1, 0.15) is 0 Å². The summed E-state index contributed by atoms with van der Waals surface area (Å²) < 4.78 is 5.14. The minimum atomic E-state index is -0.0315. The second kappa shape index (κ2) is 19.8. The number of carbonyl (C=O) groups excluding carboxylic acids is 1. The average Bonchev–Trinajstić information content (AvgIpc) is 2.57. The number of carbonyl (C=O) groups is 1. The maximum Gasteiger partial charge on any atom is 0.306 e. The van der Waals surface area contributed by atoms with Crippen molar-refractivity contribution in [1.29, 1.82) is 0 Å². The lowest BCUT2D eigenvalue weighted by atomic mass is 10.0. The van der Waals surface area contributed by atoms with Crippen LogP contribution < -0.4 is 0 Å². The first-order chi connectivity index (χ1) is 12.2. The summed E-state index contributed by atoms with van der Waals surface area (Å²) in [6.45, 7) is 6.10. The highest BCUT2D eigenvalue weighted by molar-refractivity contribution is 5.69. The highest BCUT2D eigenvalue weighted by Crippen LogP contribution is 2.14. The fourth-order valence-electron chi connectivity index (χ4n) is 3.32. The number of hydrogen-bond donors (Lipinski definition) is 0. The lowest BCUT2D eigenvalue weighted by molar-refractivity contribution is -0.147. The molecule has 150 valence electrons. The van der Waals surface area contributed by atoms with Crippen LogP contribution in [0.4, 0.5) is 0 Å². The van der Waals surface area contributed by atoms with E-state index in [4.69, 9.17) is 4.74 Å². The molecule has 0 saturated heterocycles. The van der Waals surface area contributed by atoms with Gasteiger partial charge in [0.05, 0.1) is 6.10 Å². The average molecular weight is 355 g/mol. The normalized spacial score (nSPS) is 11.2. The molecule has 0 N–H and O–H groups in total. The molecular weight excluding hydrogens is 308 g/mol. The van der Waals surface area contributed by atoms with E-state index in [-0.39, 0.29) is 12.1 Å². The number of ether oxygens (including phenoxy) is 1. The Morgan fingerprint density at radius 3 is 1.24 bits per heavy atom. The lowest BCUT2D eigenvalue weighted by Crippen LogP contribution is -2.10. The zero-order chi connectivity index (χ0) is 18.6. The minimum absolute atomic E-state index is 0.0262. The number of rotatable bonds is 19. The summed E-state index contributed by atoms with van der Waals surface area (Å²) in [6.07, 6.45) is 23.9. The van der Waals surface area contributed by atoms with Crippen LogP contribution in [0.15, 0.2) is 0 Å². The topological polar surface area (TPSA) is 26.3 Å². The first-order valence-corrected chi connectivity index (χ1v) is 11.4. The Labute approximate surface area is 158 Å². The summed E-state index contributed by atoms with van der Waals surface area (Å²) in [5.41, 5.74) is 0. The summed E-state index contributed by atoms with van der Waals surface area (Å²) in [6, 6.07) is 0. The molecule has 0 bridgehead atoms. The van der Waals surface area contributed by atoms with E-state index >= 15 is 0 Å². The molecule has 0 fully saturated rings. The van der Waals surface area contributed by atoms with Gasteiger partial charge in [-0.1, -0.05) is 110 Å². The van der Waals surface area contributed by atoms with Gasteiger partial charge in [-0.2, -0.15) is 0 Å². The van der Waals surface area contributed by atoms with Gasteiger partial charge in [-0.15, -0.1) is 0 Å². The van der Waals surface area contributed by atoms with Crippen molar-refractivity contribution in [3.8, 4) is 0 Å². The highest BCUT2D eigenvalue weighted by Gasteiger charge is 2.04. The van der Waals surface area contributed by atoms with Crippen LogP contribution in [0.25, 0.3) is 0 Å². The molecule has 0 saturated carbocycles. The minimum Gasteiger partial charge on any atom is -0.463 e. The summed E-state index contributed by atoms with van der Waals surface area (Å²) in [4.78, 5) is 11.4. The van der Waals surface area contributed by atoms with Gasteiger partial charge >= 0.3 is 5.97 Å². The molecule has 0 spiro atoms. The molecule has 0 heterocycles. The van der Waals surface area contributed by atoms with Crippen LogP contribution in [-0.2, 0) is 9.53 Å². The summed E-state index contributed by atoms with van der Waals surface area (Å²) in [5.74, 6) is -0.0315. The highest BCUT2D eigenvalue weighted by atomic mass is 16.5. The maximum absolute atomic E-state index is 11.4. The van der Waals surface area contributed by atoms with Gasteiger partial charge in [0, 0.05) is 6.42 Å². The Bertz CT molecular complexity index is 273. The smallest absolute Gasteiger partial charge is 0.306 e. The molecule has 0 aliphatic rings. The SMILES string of the molecule is CCCCCCCCCCCCCCCCCCCC(=O)OC(C)C. The third-order valence-corrected chi connectivity index (χ3v) is 4.85. The Hall–Kier alpha value is -0.530. The number of unbranched alkanes of at least 4 members (excludes halogenated alkanes) is 16. The second-order valence-corrected chi connectivity index (χ2v) is 7.95. The first kappa shape index (κ1) is 24.5. The largest absolute Gasteiger partial charge is 0.463 e. The molecule has 0 atom stereocenters. The molecule has 0 aliphatic heterocycles. The van der Waals surface area contributed by atoms with Crippen molar-refractivity contribution in [3.63, 3.8) is 0 Å². The van der Waals surface area contributed by atoms with Crippen molar-refractivity contribution in [3.05, 3.63) is 0 Å². The van der Waals surface area contributed by atoms with Gasteiger partial charge in [0.2, 0.25) is 0 Å². The molecular formula is C23H46O2. The van der Waals surface area contributed by atoms with Gasteiger partial charge in [-0.05, 0) is 20.3 Å². The second-order valence-electron chi connectivity index (χ2n) is 7.95. The third-order valence-electron chi connectivity index (χ3n) is 4.85. The van der Waals surface area contributed by atoms with Crippen LogP contribution in [0.5, 0.6) is 0 Å². The van der Waals surface area contributed by atoms with Crippen molar-refractivity contribution < 1.29 is 9.53 Å². The van der Waals surface area contributed by atoms with Crippen LogP contribution in [0.3, 0.4) is 0 Å². The predicted octanol–water partition coefficient (Wildman–Crippen LogP) is 7.98. The lowest BCUT2D eigenvalue weighted by Gasteiger charge is -2.07. The van der Waals surface area contributed by atoms with E-state index in [0.29, 0.717) is 6.42 Å². The molecule has 0 amide bonds. The fraction of sp³-hybridized carbons (Fsp3) is 0.957. The Kier molecular flexibility index (Phi) is 19.4. The summed E-state index contributed by atoms with van der Waals surface area (Å²) in [7, 11) is 0. The third kappa shape index (κ3) is 21.4. The van der Waals surface area contributed by atoms with Gasteiger partial charge < -0.3 is 4.74 Å². The Morgan fingerprint density at radius 2 is 0.920 bits per heavy atom. The van der Waals surface area contributed by atoms with Crippen LogP contribution in [0, 0.1) is 0 Å². The molecule has 0 unspecified atom stereocenters. The Morgan fingerprint density at radius 1 is 0.600 bits per heavy atom. The van der Waals surface area contributed by atoms with E-state index in [1.165, 1.54) is 103 Å². The van der Waals surface area contributed by atoms with E-state index in [0.717, 1.165) is 6.42 Å². The van der Waals surface area contributed by atoms with Gasteiger partial charge in [0.25, 0.3) is 0 Å². The first-order valence-electron chi connectivity index (χ1n) is 11.4. The van der Waals surface area contributed by atoms with E-state index < -0.39 is 0 Å². The van der Waals surface area contributed by atoms with E-state index in [1.54, 1.807) is 0 Å².